The molecule has 1 heterocycles. The lowest BCUT2D eigenvalue weighted by molar-refractivity contribution is -0.123. The van der Waals surface area contributed by atoms with E-state index in [9.17, 15) is 14.4 Å². The van der Waals surface area contributed by atoms with Crippen LogP contribution in [0.3, 0.4) is 0 Å². The van der Waals surface area contributed by atoms with Crippen molar-refractivity contribution in [2.24, 2.45) is 0 Å². The van der Waals surface area contributed by atoms with Crippen LogP contribution in [0.1, 0.15) is 36.2 Å². The Hall–Kier alpha value is -2.83. The van der Waals surface area contributed by atoms with Crippen LogP contribution in [0.25, 0.3) is 10.9 Å². The van der Waals surface area contributed by atoms with E-state index in [1.165, 1.54) is 0 Å². The lowest BCUT2D eigenvalue weighted by atomic mass is 10.2. The predicted molar refractivity (Wildman–Crippen MR) is 87.5 cm³/mol. The zero-order valence-corrected chi connectivity index (χ0v) is 13.1. The second-order valence-electron chi connectivity index (χ2n) is 5.85. The van der Waals surface area contributed by atoms with Crippen LogP contribution >= 0.6 is 0 Å². The molecule has 0 spiro atoms. The van der Waals surface area contributed by atoms with Crippen molar-refractivity contribution in [2.75, 3.05) is 6.61 Å². The minimum absolute atomic E-state index is 0.117. The summed E-state index contributed by atoms with van der Waals surface area (Å²) in [5.41, 5.74) is 1.07. The van der Waals surface area contributed by atoms with Crippen LogP contribution in [0.4, 0.5) is 4.79 Å². The molecule has 3 N–H and O–H groups in total. The first-order chi connectivity index (χ1) is 11.6. The van der Waals surface area contributed by atoms with Gasteiger partial charge < -0.3 is 15.0 Å². The zero-order chi connectivity index (χ0) is 16.9. The summed E-state index contributed by atoms with van der Waals surface area (Å²) < 4.78 is 4.93. The molecule has 1 aromatic heterocycles. The second kappa shape index (κ2) is 7.16. The van der Waals surface area contributed by atoms with E-state index in [2.05, 4.69) is 15.6 Å². The highest BCUT2D eigenvalue weighted by Gasteiger charge is 2.19. The highest BCUT2D eigenvalue weighted by atomic mass is 16.5. The van der Waals surface area contributed by atoms with Crippen molar-refractivity contribution < 1.29 is 19.1 Å². The Balaban J connectivity index is 1.46. The van der Waals surface area contributed by atoms with E-state index in [1.54, 1.807) is 6.07 Å². The maximum atomic E-state index is 11.9. The highest BCUT2D eigenvalue weighted by Crippen LogP contribution is 2.17. The van der Waals surface area contributed by atoms with E-state index in [-0.39, 0.29) is 11.7 Å². The molecule has 0 radical (unpaired) electrons. The van der Waals surface area contributed by atoms with Gasteiger partial charge in [-0.3, -0.25) is 10.1 Å². The summed E-state index contributed by atoms with van der Waals surface area (Å²) in [6.07, 6.45) is 4.02. The number of rotatable bonds is 4. The van der Waals surface area contributed by atoms with E-state index in [0.717, 1.165) is 36.6 Å². The summed E-state index contributed by atoms with van der Waals surface area (Å²) in [7, 11) is 0. The quantitative estimate of drug-likeness (QED) is 0.748. The number of hydrogen-bond acceptors (Lipinski definition) is 4. The maximum Gasteiger partial charge on any atom is 0.355 e. The Labute approximate surface area is 138 Å². The first-order valence-corrected chi connectivity index (χ1v) is 7.97. The van der Waals surface area contributed by atoms with E-state index in [1.807, 2.05) is 24.3 Å². The van der Waals surface area contributed by atoms with Gasteiger partial charge in [0.25, 0.3) is 5.91 Å². The lowest BCUT2D eigenvalue weighted by Crippen LogP contribution is -2.45. The molecule has 0 bridgehead atoms. The molecule has 1 aliphatic rings. The van der Waals surface area contributed by atoms with Crippen molar-refractivity contribution in [1.29, 1.82) is 0 Å². The molecule has 0 saturated heterocycles. The molecule has 1 fully saturated rings. The van der Waals surface area contributed by atoms with Gasteiger partial charge >= 0.3 is 12.0 Å². The van der Waals surface area contributed by atoms with E-state index >= 15 is 0 Å². The number of benzene rings is 1. The summed E-state index contributed by atoms with van der Waals surface area (Å²) in [6.45, 7) is -0.508. The van der Waals surface area contributed by atoms with Crippen molar-refractivity contribution in [3.8, 4) is 0 Å². The summed E-state index contributed by atoms with van der Waals surface area (Å²) in [4.78, 5) is 38.2. The van der Waals surface area contributed by atoms with Crippen molar-refractivity contribution in [3.63, 3.8) is 0 Å². The fourth-order valence-corrected chi connectivity index (χ4v) is 2.85. The molecule has 1 aliphatic carbocycles. The molecule has 0 unspecified atom stereocenters. The van der Waals surface area contributed by atoms with Gasteiger partial charge in [-0.1, -0.05) is 31.0 Å². The molecule has 1 saturated carbocycles. The van der Waals surface area contributed by atoms with Gasteiger partial charge in [0, 0.05) is 16.9 Å². The van der Waals surface area contributed by atoms with Gasteiger partial charge in [0.1, 0.15) is 5.69 Å². The topological polar surface area (TPSA) is 100 Å². The molecule has 3 amide bonds. The number of para-hydroxylation sites is 1. The molecule has 24 heavy (non-hydrogen) atoms. The lowest BCUT2D eigenvalue weighted by Gasteiger charge is -2.12. The van der Waals surface area contributed by atoms with E-state index in [4.69, 9.17) is 4.74 Å². The normalized spacial score (nSPS) is 14.5. The maximum absolute atomic E-state index is 11.9. The fourth-order valence-electron chi connectivity index (χ4n) is 2.85. The number of ether oxygens (including phenoxy) is 1. The molecule has 0 atom stereocenters. The average Bonchev–Trinajstić information content (AvgIpc) is 3.21. The first-order valence-electron chi connectivity index (χ1n) is 7.97. The zero-order valence-electron chi connectivity index (χ0n) is 13.1. The second-order valence-corrected chi connectivity index (χ2v) is 5.85. The van der Waals surface area contributed by atoms with Crippen LogP contribution in [0, 0.1) is 0 Å². The molecule has 2 aromatic rings. The standard InChI is InChI=1S/C17H19N3O4/c21-15(20-17(23)18-12-6-2-3-7-12)10-24-16(22)14-9-11-5-1-4-8-13(11)19-14/h1,4-5,8-9,12,19H,2-3,6-7,10H2,(H2,18,20,21,23). The monoisotopic (exact) mass is 329 g/mol. The Morgan fingerprint density at radius 1 is 1.17 bits per heavy atom. The van der Waals surface area contributed by atoms with Gasteiger partial charge in [-0.2, -0.15) is 0 Å². The smallest absolute Gasteiger partial charge is 0.355 e. The first kappa shape index (κ1) is 16.0. The molecule has 126 valence electrons. The Morgan fingerprint density at radius 2 is 1.92 bits per heavy atom. The van der Waals surface area contributed by atoms with Gasteiger partial charge in [-0.25, -0.2) is 9.59 Å². The summed E-state index contributed by atoms with van der Waals surface area (Å²) >= 11 is 0. The van der Waals surface area contributed by atoms with Gasteiger partial charge in [-0.15, -0.1) is 0 Å². The Bertz CT molecular complexity index is 729. The summed E-state index contributed by atoms with van der Waals surface area (Å²) in [5.74, 6) is -1.30. The van der Waals surface area contributed by atoms with Crippen molar-refractivity contribution in [1.82, 2.24) is 15.6 Å². The SMILES string of the molecule is O=C(COC(=O)c1cc2ccccc2[nH]1)NC(=O)NC1CCCC1. The number of esters is 1. The number of hydrogen-bond donors (Lipinski definition) is 3. The highest BCUT2D eigenvalue weighted by molar-refractivity contribution is 5.98. The number of urea groups is 1. The molecular weight excluding hydrogens is 310 g/mol. The number of aromatic nitrogens is 1. The Morgan fingerprint density at radius 3 is 2.67 bits per heavy atom. The van der Waals surface area contributed by atoms with Gasteiger partial charge in [0.05, 0.1) is 0 Å². The third-order valence-electron chi connectivity index (χ3n) is 4.03. The third kappa shape index (κ3) is 3.92. The third-order valence-corrected chi connectivity index (χ3v) is 4.03. The average molecular weight is 329 g/mol. The van der Waals surface area contributed by atoms with Gasteiger partial charge in [-0.05, 0) is 25.0 Å². The molecule has 7 nitrogen and oxygen atoms in total. The van der Waals surface area contributed by atoms with E-state index in [0.29, 0.717) is 0 Å². The molecule has 7 heteroatoms. The largest absolute Gasteiger partial charge is 0.451 e. The fraction of sp³-hybridized carbons (Fsp3) is 0.353. The van der Waals surface area contributed by atoms with Gasteiger partial charge in [0.2, 0.25) is 0 Å². The predicted octanol–water partition coefficient (Wildman–Crippen LogP) is 2.09. The molecule has 0 aliphatic heterocycles. The number of carbonyl (C=O) groups excluding carboxylic acids is 3. The van der Waals surface area contributed by atoms with Crippen molar-refractivity contribution >= 4 is 28.8 Å². The van der Waals surface area contributed by atoms with Gasteiger partial charge in [0.15, 0.2) is 6.61 Å². The van der Waals surface area contributed by atoms with Crippen LogP contribution in [-0.4, -0.2) is 35.5 Å². The van der Waals surface area contributed by atoms with Crippen LogP contribution in [-0.2, 0) is 9.53 Å². The minimum atomic E-state index is -0.657. The number of carbonyl (C=O) groups is 3. The van der Waals surface area contributed by atoms with Crippen LogP contribution in [0.2, 0.25) is 0 Å². The molecule has 1 aromatic carbocycles. The number of H-pyrrole nitrogens is 1. The summed E-state index contributed by atoms with van der Waals surface area (Å²) in [5, 5.41) is 5.77. The van der Waals surface area contributed by atoms with E-state index < -0.39 is 24.5 Å². The number of amides is 3. The van der Waals surface area contributed by atoms with Crippen molar-refractivity contribution in [2.45, 2.75) is 31.7 Å². The molecule has 3 rings (SSSR count). The number of imide groups is 1. The Kier molecular flexibility index (Phi) is 4.79. The van der Waals surface area contributed by atoms with Crippen LogP contribution in [0.5, 0.6) is 0 Å². The van der Waals surface area contributed by atoms with Crippen LogP contribution in [0.15, 0.2) is 30.3 Å². The number of nitrogens with one attached hydrogen (secondary N) is 3. The number of fused-ring (bicyclic) bond motifs is 1. The van der Waals surface area contributed by atoms with Crippen LogP contribution < -0.4 is 10.6 Å². The molecular formula is C17H19N3O4. The minimum Gasteiger partial charge on any atom is -0.451 e. The number of aromatic amines is 1. The van der Waals surface area contributed by atoms with Crippen molar-refractivity contribution in [3.05, 3.63) is 36.0 Å². The summed E-state index contributed by atoms with van der Waals surface area (Å²) in [6, 6.07) is 8.64.